The highest BCUT2D eigenvalue weighted by molar-refractivity contribution is 14.1. The molecule has 0 heterocycles. The van der Waals surface area contributed by atoms with Gasteiger partial charge in [0.2, 0.25) is 0 Å². The molecule has 0 aliphatic carbocycles. The van der Waals surface area contributed by atoms with Crippen molar-refractivity contribution in [2.75, 3.05) is 26.2 Å². The van der Waals surface area contributed by atoms with Crippen LogP contribution in [-0.2, 0) is 4.74 Å². The molecule has 0 atom stereocenters. The summed E-state index contributed by atoms with van der Waals surface area (Å²) in [6.07, 6.45) is 0.0630. The largest absolute Gasteiger partial charge is 0.415 e. The zero-order valence-electron chi connectivity index (χ0n) is 7.72. The smallest absolute Gasteiger partial charge is 0.368 e. The van der Waals surface area contributed by atoms with Gasteiger partial charge in [-0.05, 0) is 13.0 Å². The molecule has 0 unspecified atom stereocenters. The van der Waals surface area contributed by atoms with Gasteiger partial charge < -0.3 is 21.1 Å². The van der Waals surface area contributed by atoms with E-state index in [9.17, 15) is 9.59 Å². The molecule has 4 N–H and O–H groups in total. The van der Waals surface area contributed by atoms with Crippen LogP contribution in [0.25, 0.3) is 0 Å². The van der Waals surface area contributed by atoms with Crippen LogP contribution in [0, 0.1) is 0 Å². The maximum Gasteiger partial charge on any atom is 0.415 e. The van der Waals surface area contributed by atoms with Crippen molar-refractivity contribution in [3.05, 3.63) is 0 Å². The number of amides is 1. The molecule has 1 amide bonds. The molecular formula is C7H14IN3O3. The molecular weight excluding hydrogens is 301 g/mol. The number of hydrogen-bond acceptors (Lipinski definition) is 5. The first kappa shape index (κ1) is 13.6. The molecule has 0 radical (unpaired) electrons. The number of rotatable bonds is 6. The van der Waals surface area contributed by atoms with E-state index in [0.717, 1.165) is 19.5 Å². The molecule has 0 aromatic carbocycles. The van der Waals surface area contributed by atoms with Gasteiger partial charge >= 0.3 is 10.1 Å². The summed E-state index contributed by atoms with van der Waals surface area (Å²) in [5.74, 6) is 0. The number of nitrogens with two attached hydrogens (primary N) is 1. The van der Waals surface area contributed by atoms with Gasteiger partial charge in [-0.15, -0.1) is 0 Å². The third-order valence-electron chi connectivity index (χ3n) is 1.29. The summed E-state index contributed by atoms with van der Waals surface area (Å²) in [5.41, 5.74) is 5.26. The Bertz CT molecular complexity index is 189. The first-order valence-corrected chi connectivity index (χ1v) is 5.30. The van der Waals surface area contributed by atoms with Crippen molar-refractivity contribution in [2.24, 2.45) is 5.73 Å². The summed E-state index contributed by atoms with van der Waals surface area (Å²) in [6, 6.07) is 0. The lowest BCUT2D eigenvalue weighted by atomic mass is 10.4. The molecule has 0 spiro atoms. The normalized spacial score (nSPS) is 9.57. The molecule has 0 saturated carbocycles. The monoisotopic (exact) mass is 315 g/mol. The summed E-state index contributed by atoms with van der Waals surface area (Å²) in [7, 11) is 0. The minimum atomic E-state index is -0.705. The van der Waals surface area contributed by atoms with E-state index in [1.165, 1.54) is 22.6 Å². The molecule has 82 valence electrons. The Kier molecular flexibility index (Phi) is 8.89. The SMILES string of the molecule is NCCNCCCNC(=O)OC(=O)I. The molecule has 0 aliphatic heterocycles. The van der Waals surface area contributed by atoms with Crippen molar-refractivity contribution in [1.29, 1.82) is 0 Å². The zero-order chi connectivity index (χ0) is 10.8. The molecule has 0 aliphatic rings. The lowest BCUT2D eigenvalue weighted by Crippen LogP contribution is -2.29. The Morgan fingerprint density at radius 1 is 1.29 bits per heavy atom. The second-order valence-corrected chi connectivity index (χ2v) is 3.33. The van der Waals surface area contributed by atoms with Crippen molar-refractivity contribution in [3.8, 4) is 0 Å². The first-order chi connectivity index (χ1) is 6.66. The summed E-state index contributed by atoms with van der Waals surface area (Å²) in [5, 5.41) is 5.50. The minimum Gasteiger partial charge on any atom is -0.368 e. The Balaban J connectivity index is 3.19. The van der Waals surface area contributed by atoms with E-state index < -0.39 is 10.1 Å². The van der Waals surface area contributed by atoms with Gasteiger partial charge in [-0.3, -0.25) is 0 Å². The van der Waals surface area contributed by atoms with E-state index in [4.69, 9.17) is 5.73 Å². The van der Waals surface area contributed by atoms with Gasteiger partial charge in [0.25, 0.3) is 0 Å². The Hall–Kier alpha value is -0.410. The fraction of sp³-hybridized carbons (Fsp3) is 0.714. The third kappa shape index (κ3) is 9.68. The summed E-state index contributed by atoms with van der Waals surface area (Å²) in [6.45, 7) is 2.60. The number of alkyl carbamates (subject to hydrolysis) is 1. The maximum atomic E-state index is 10.7. The van der Waals surface area contributed by atoms with E-state index in [1.807, 2.05) is 0 Å². The highest BCUT2D eigenvalue weighted by Gasteiger charge is 2.04. The molecule has 0 saturated heterocycles. The standard InChI is InChI=1S/C7H14IN3O3/c8-6(12)14-7(13)11-4-1-3-10-5-2-9/h10H,1-5,9H2,(H,11,13). The fourth-order valence-corrected chi connectivity index (χ4v) is 0.940. The van der Waals surface area contributed by atoms with Crippen LogP contribution < -0.4 is 16.4 Å². The molecule has 0 fully saturated rings. The third-order valence-corrected chi connectivity index (χ3v) is 1.51. The predicted molar refractivity (Wildman–Crippen MR) is 60.4 cm³/mol. The van der Waals surface area contributed by atoms with Crippen LogP contribution in [0.2, 0.25) is 0 Å². The van der Waals surface area contributed by atoms with Gasteiger partial charge in [0.05, 0.1) is 22.6 Å². The molecule has 7 heteroatoms. The lowest BCUT2D eigenvalue weighted by Gasteiger charge is -2.04. The van der Waals surface area contributed by atoms with Crippen LogP contribution in [0.1, 0.15) is 6.42 Å². The van der Waals surface area contributed by atoms with Crippen LogP contribution >= 0.6 is 22.6 Å². The first-order valence-electron chi connectivity index (χ1n) is 4.22. The molecule has 6 nitrogen and oxygen atoms in total. The van der Waals surface area contributed by atoms with Crippen LogP contribution in [0.15, 0.2) is 0 Å². The average Bonchev–Trinajstić information content (AvgIpc) is 2.10. The Labute approximate surface area is 96.1 Å². The van der Waals surface area contributed by atoms with E-state index in [0.29, 0.717) is 13.1 Å². The number of hydrogen-bond donors (Lipinski definition) is 3. The van der Waals surface area contributed by atoms with E-state index in [-0.39, 0.29) is 0 Å². The van der Waals surface area contributed by atoms with Gasteiger partial charge in [-0.1, -0.05) is 0 Å². The summed E-state index contributed by atoms with van der Waals surface area (Å²) in [4.78, 5) is 21.0. The molecule has 0 bridgehead atoms. The van der Waals surface area contributed by atoms with Gasteiger partial charge in [0.1, 0.15) is 0 Å². The highest BCUT2D eigenvalue weighted by Crippen LogP contribution is 1.91. The van der Waals surface area contributed by atoms with Crippen LogP contribution in [0.3, 0.4) is 0 Å². The lowest BCUT2D eigenvalue weighted by molar-refractivity contribution is 0.169. The number of nitrogens with one attached hydrogen (secondary N) is 2. The molecule has 0 rings (SSSR count). The van der Waals surface area contributed by atoms with Gasteiger partial charge in [-0.2, -0.15) is 0 Å². The highest BCUT2D eigenvalue weighted by atomic mass is 127. The Morgan fingerprint density at radius 3 is 2.57 bits per heavy atom. The van der Waals surface area contributed by atoms with Crippen LogP contribution in [-0.4, -0.2) is 36.2 Å². The van der Waals surface area contributed by atoms with Crippen LogP contribution in [0.4, 0.5) is 9.59 Å². The number of ether oxygens (including phenoxy) is 1. The summed E-state index contributed by atoms with van der Waals surface area (Å²) < 4.78 is 3.60. The van der Waals surface area contributed by atoms with Crippen molar-refractivity contribution in [2.45, 2.75) is 6.42 Å². The average molecular weight is 315 g/mol. The van der Waals surface area contributed by atoms with Crippen molar-refractivity contribution in [1.82, 2.24) is 10.6 Å². The second kappa shape index (κ2) is 9.16. The van der Waals surface area contributed by atoms with E-state index in [1.54, 1.807) is 0 Å². The predicted octanol–water partition coefficient (Wildman–Crippen LogP) is 0.206. The fourth-order valence-electron chi connectivity index (χ4n) is 0.740. The van der Waals surface area contributed by atoms with Gasteiger partial charge in [0.15, 0.2) is 0 Å². The van der Waals surface area contributed by atoms with Gasteiger partial charge in [0, 0.05) is 19.6 Å². The topological polar surface area (TPSA) is 93.5 Å². The van der Waals surface area contributed by atoms with Crippen molar-refractivity contribution < 1.29 is 14.3 Å². The van der Waals surface area contributed by atoms with E-state index >= 15 is 0 Å². The molecule has 0 aromatic heterocycles. The minimum absolute atomic E-state index is 0.473. The van der Waals surface area contributed by atoms with Crippen LogP contribution in [0.5, 0.6) is 0 Å². The van der Waals surface area contributed by atoms with E-state index in [2.05, 4.69) is 15.4 Å². The molecule has 0 aromatic rings. The summed E-state index contributed by atoms with van der Waals surface area (Å²) >= 11 is 1.39. The van der Waals surface area contributed by atoms with Gasteiger partial charge in [-0.25, -0.2) is 9.59 Å². The number of halogens is 1. The second-order valence-electron chi connectivity index (χ2n) is 2.45. The van der Waals surface area contributed by atoms with Crippen molar-refractivity contribution in [3.63, 3.8) is 0 Å². The number of carbonyl (C=O) groups excluding carboxylic acids is 2. The zero-order valence-corrected chi connectivity index (χ0v) is 9.87. The quantitative estimate of drug-likeness (QED) is 0.282. The molecule has 14 heavy (non-hydrogen) atoms. The Morgan fingerprint density at radius 2 is 2.00 bits per heavy atom. The maximum absolute atomic E-state index is 10.7. The number of carbonyl (C=O) groups is 2. The van der Waals surface area contributed by atoms with Crippen molar-refractivity contribution >= 4 is 32.7 Å².